The highest BCUT2D eigenvalue weighted by Gasteiger charge is 2.10. The number of halogens is 1. The molecule has 1 heterocycles. The van der Waals surface area contributed by atoms with E-state index in [9.17, 15) is 4.39 Å². The maximum absolute atomic E-state index is 13.2. The molecule has 0 spiro atoms. The van der Waals surface area contributed by atoms with Gasteiger partial charge in [-0.3, -0.25) is 0 Å². The lowest BCUT2D eigenvalue weighted by Crippen LogP contribution is -2.12. The van der Waals surface area contributed by atoms with Gasteiger partial charge in [0.05, 0.1) is 11.9 Å². The normalized spacial score (nSPS) is 12.3. The molecule has 0 saturated carbocycles. The minimum atomic E-state index is -0.236. The van der Waals surface area contributed by atoms with Crippen molar-refractivity contribution < 1.29 is 4.39 Å². The number of hydrogen-bond donors (Lipinski definition) is 1. The molecule has 0 bridgehead atoms. The molecule has 106 valence electrons. The number of benzene rings is 2. The summed E-state index contributed by atoms with van der Waals surface area (Å²) in [5, 5.41) is 4.33. The molecule has 1 atom stereocenters. The van der Waals surface area contributed by atoms with Crippen molar-refractivity contribution in [3.05, 3.63) is 83.9 Å². The van der Waals surface area contributed by atoms with Crippen LogP contribution in [0, 0.1) is 5.82 Å². The van der Waals surface area contributed by atoms with Gasteiger partial charge in [0.25, 0.3) is 0 Å². The van der Waals surface area contributed by atoms with Gasteiger partial charge in [-0.15, -0.1) is 0 Å². The molecule has 0 fully saturated rings. The molecular formula is C17H16FN3. The Bertz CT molecular complexity index is 722. The first kappa shape index (κ1) is 13.5. The maximum atomic E-state index is 13.2. The number of aromatic nitrogens is 2. The minimum Gasteiger partial charge on any atom is -0.324 e. The predicted octanol–water partition coefficient (Wildman–Crippen LogP) is 3.25. The Kier molecular flexibility index (Phi) is 3.79. The van der Waals surface area contributed by atoms with Crippen molar-refractivity contribution in [2.24, 2.45) is 5.73 Å². The lowest BCUT2D eigenvalue weighted by atomic mass is 10.0. The van der Waals surface area contributed by atoms with E-state index in [0.717, 1.165) is 16.8 Å². The molecule has 2 N–H and O–H groups in total. The molecule has 0 saturated heterocycles. The van der Waals surface area contributed by atoms with Crippen LogP contribution in [0.4, 0.5) is 4.39 Å². The average Bonchev–Trinajstić information content (AvgIpc) is 2.98. The van der Waals surface area contributed by atoms with Crippen LogP contribution in [-0.2, 0) is 6.42 Å². The maximum Gasteiger partial charge on any atom is 0.123 e. The zero-order valence-electron chi connectivity index (χ0n) is 11.5. The highest BCUT2D eigenvalue weighted by atomic mass is 19.1. The van der Waals surface area contributed by atoms with Gasteiger partial charge in [0.1, 0.15) is 5.82 Å². The van der Waals surface area contributed by atoms with Crippen LogP contribution in [0.5, 0.6) is 0 Å². The first-order chi connectivity index (χ1) is 10.2. The van der Waals surface area contributed by atoms with Gasteiger partial charge < -0.3 is 5.73 Å². The monoisotopic (exact) mass is 281 g/mol. The summed E-state index contributed by atoms with van der Waals surface area (Å²) in [6.07, 6.45) is 4.26. The molecule has 4 heteroatoms. The van der Waals surface area contributed by atoms with Crippen LogP contribution < -0.4 is 5.73 Å². The Balaban J connectivity index is 1.77. The highest BCUT2D eigenvalue weighted by molar-refractivity contribution is 5.31. The second-order valence-electron chi connectivity index (χ2n) is 4.99. The second-order valence-corrected chi connectivity index (χ2v) is 4.99. The van der Waals surface area contributed by atoms with Crippen molar-refractivity contribution in [2.45, 2.75) is 12.5 Å². The fourth-order valence-electron chi connectivity index (χ4n) is 2.29. The summed E-state index contributed by atoms with van der Waals surface area (Å²) < 4.78 is 15.0. The molecule has 3 nitrogen and oxygen atoms in total. The fraction of sp³-hybridized carbons (Fsp3) is 0.118. The van der Waals surface area contributed by atoms with Crippen molar-refractivity contribution in [1.82, 2.24) is 9.78 Å². The van der Waals surface area contributed by atoms with E-state index in [1.54, 1.807) is 16.9 Å². The minimum absolute atomic E-state index is 0.204. The van der Waals surface area contributed by atoms with E-state index in [1.807, 2.05) is 42.6 Å². The Morgan fingerprint density at radius 1 is 1.10 bits per heavy atom. The van der Waals surface area contributed by atoms with Crippen molar-refractivity contribution >= 4 is 0 Å². The van der Waals surface area contributed by atoms with Crippen LogP contribution in [0.25, 0.3) is 5.69 Å². The van der Waals surface area contributed by atoms with Crippen molar-refractivity contribution in [3.8, 4) is 5.69 Å². The Labute approximate surface area is 122 Å². The Morgan fingerprint density at radius 3 is 2.67 bits per heavy atom. The van der Waals surface area contributed by atoms with E-state index in [2.05, 4.69) is 5.10 Å². The SMILES string of the molecule is NC(Cc1cccc(F)c1)c1cnn(-c2ccccc2)c1. The third-order valence-electron chi connectivity index (χ3n) is 3.40. The van der Waals surface area contributed by atoms with E-state index in [-0.39, 0.29) is 11.9 Å². The quantitative estimate of drug-likeness (QED) is 0.797. The van der Waals surface area contributed by atoms with Gasteiger partial charge in [-0.2, -0.15) is 5.10 Å². The van der Waals surface area contributed by atoms with Gasteiger partial charge in [0.2, 0.25) is 0 Å². The van der Waals surface area contributed by atoms with Crippen LogP contribution in [0.3, 0.4) is 0 Å². The van der Waals surface area contributed by atoms with E-state index in [4.69, 9.17) is 5.73 Å². The molecule has 21 heavy (non-hydrogen) atoms. The molecule has 0 aliphatic carbocycles. The smallest absolute Gasteiger partial charge is 0.123 e. The lowest BCUT2D eigenvalue weighted by molar-refractivity contribution is 0.622. The second kappa shape index (κ2) is 5.89. The third kappa shape index (κ3) is 3.17. The molecule has 1 aromatic heterocycles. The van der Waals surface area contributed by atoms with Gasteiger partial charge in [0.15, 0.2) is 0 Å². The van der Waals surface area contributed by atoms with Crippen LogP contribution in [0.15, 0.2) is 67.0 Å². The van der Waals surface area contributed by atoms with Crippen LogP contribution in [0.1, 0.15) is 17.2 Å². The van der Waals surface area contributed by atoms with E-state index < -0.39 is 0 Å². The van der Waals surface area contributed by atoms with Crippen molar-refractivity contribution in [2.75, 3.05) is 0 Å². The number of nitrogens with two attached hydrogens (primary N) is 1. The van der Waals surface area contributed by atoms with Crippen molar-refractivity contribution in [1.29, 1.82) is 0 Å². The summed E-state index contributed by atoms with van der Waals surface area (Å²) in [5.74, 6) is -0.236. The number of para-hydroxylation sites is 1. The number of nitrogens with zero attached hydrogens (tertiary/aromatic N) is 2. The molecule has 3 rings (SSSR count). The largest absolute Gasteiger partial charge is 0.324 e. The summed E-state index contributed by atoms with van der Waals surface area (Å²) in [7, 11) is 0. The van der Waals surface area contributed by atoms with Crippen LogP contribution in [0.2, 0.25) is 0 Å². The van der Waals surface area contributed by atoms with Crippen LogP contribution >= 0.6 is 0 Å². The molecule has 3 aromatic rings. The van der Waals surface area contributed by atoms with Crippen molar-refractivity contribution in [3.63, 3.8) is 0 Å². The zero-order chi connectivity index (χ0) is 14.7. The summed E-state index contributed by atoms with van der Waals surface area (Å²) in [6, 6.07) is 16.2. The molecule has 2 aromatic carbocycles. The molecule has 0 amide bonds. The Morgan fingerprint density at radius 2 is 1.90 bits per heavy atom. The molecule has 0 aliphatic rings. The van der Waals surface area contributed by atoms with E-state index >= 15 is 0 Å². The average molecular weight is 281 g/mol. The Hall–Kier alpha value is -2.46. The highest BCUT2D eigenvalue weighted by Crippen LogP contribution is 2.17. The van der Waals surface area contributed by atoms with E-state index in [1.165, 1.54) is 12.1 Å². The van der Waals surface area contributed by atoms with Gasteiger partial charge in [-0.25, -0.2) is 9.07 Å². The first-order valence-electron chi connectivity index (χ1n) is 6.82. The molecule has 1 unspecified atom stereocenters. The summed E-state index contributed by atoms with van der Waals surface area (Å²) >= 11 is 0. The topological polar surface area (TPSA) is 43.8 Å². The van der Waals surface area contributed by atoms with E-state index in [0.29, 0.717) is 6.42 Å². The summed E-state index contributed by atoms with van der Waals surface area (Å²) in [4.78, 5) is 0. The van der Waals surface area contributed by atoms with Crippen LogP contribution in [-0.4, -0.2) is 9.78 Å². The molecular weight excluding hydrogens is 265 g/mol. The lowest BCUT2D eigenvalue weighted by Gasteiger charge is -2.09. The molecule has 0 aliphatic heterocycles. The number of hydrogen-bond acceptors (Lipinski definition) is 2. The van der Waals surface area contributed by atoms with Gasteiger partial charge >= 0.3 is 0 Å². The standard InChI is InChI=1S/C17H16FN3/c18-15-6-4-5-13(9-15)10-17(19)14-11-20-21(12-14)16-7-2-1-3-8-16/h1-9,11-12,17H,10,19H2. The van der Waals surface area contributed by atoms with Gasteiger partial charge in [0, 0.05) is 17.8 Å². The van der Waals surface area contributed by atoms with Gasteiger partial charge in [-0.05, 0) is 36.2 Å². The molecule has 0 radical (unpaired) electrons. The third-order valence-corrected chi connectivity index (χ3v) is 3.40. The zero-order valence-corrected chi connectivity index (χ0v) is 11.5. The van der Waals surface area contributed by atoms with Gasteiger partial charge in [-0.1, -0.05) is 30.3 Å². The first-order valence-corrected chi connectivity index (χ1v) is 6.82. The summed E-state index contributed by atoms with van der Waals surface area (Å²) in [5.41, 5.74) is 9.00. The predicted molar refractivity (Wildman–Crippen MR) is 80.6 cm³/mol. The fourth-order valence-corrected chi connectivity index (χ4v) is 2.29. The number of rotatable bonds is 4. The summed E-state index contributed by atoms with van der Waals surface area (Å²) in [6.45, 7) is 0.